The van der Waals surface area contributed by atoms with Crippen LogP contribution in [0, 0.1) is 0 Å². The fraction of sp³-hybridized carbons (Fsp3) is 0.800. The summed E-state index contributed by atoms with van der Waals surface area (Å²) in [6.07, 6.45) is 7.76. The lowest BCUT2D eigenvalue weighted by molar-refractivity contribution is 0.0931. The predicted molar refractivity (Wildman–Crippen MR) is 46.8 cm³/mol. The van der Waals surface area contributed by atoms with Crippen molar-refractivity contribution in [2.45, 2.75) is 44.8 Å². The Kier molecular flexibility index (Phi) is 2.35. The van der Waals surface area contributed by atoms with E-state index in [2.05, 4.69) is 13.0 Å². The van der Waals surface area contributed by atoms with Crippen LogP contribution in [0.1, 0.15) is 32.6 Å². The SMILES string of the molecule is CC(OC1=CCCCC1)C1CO1. The third-order valence-corrected chi connectivity index (χ3v) is 2.47. The summed E-state index contributed by atoms with van der Waals surface area (Å²) in [6.45, 7) is 2.97. The minimum absolute atomic E-state index is 0.259. The second-order valence-electron chi connectivity index (χ2n) is 3.61. The van der Waals surface area contributed by atoms with Gasteiger partial charge in [0.15, 0.2) is 0 Å². The summed E-state index contributed by atoms with van der Waals surface area (Å²) in [4.78, 5) is 0. The molecule has 0 amide bonds. The van der Waals surface area contributed by atoms with E-state index in [1.165, 1.54) is 25.0 Å². The number of epoxide rings is 1. The van der Waals surface area contributed by atoms with Crippen molar-refractivity contribution in [1.29, 1.82) is 0 Å². The minimum atomic E-state index is 0.259. The van der Waals surface area contributed by atoms with Crippen LogP contribution in [0.5, 0.6) is 0 Å². The van der Waals surface area contributed by atoms with Crippen molar-refractivity contribution in [1.82, 2.24) is 0 Å². The van der Waals surface area contributed by atoms with Gasteiger partial charge in [-0.1, -0.05) is 0 Å². The van der Waals surface area contributed by atoms with Gasteiger partial charge in [-0.05, 0) is 32.3 Å². The molecule has 0 aromatic heterocycles. The van der Waals surface area contributed by atoms with Crippen molar-refractivity contribution in [3.05, 3.63) is 11.8 Å². The number of hydrogen-bond acceptors (Lipinski definition) is 2. The monoisotopic (exact) mass is 168 g/mol. The molecule has 0 bridgehead atoms. The van der Waals surface area contributed by atoms with Gasteiger partial charge in [0.2, 0.25) is 0 Å². The summed E-state index contributed by atoms with van der Waals surface area (Å²) in [7, 11) is 0. The molecule has 0 aromatic carbocycles. The summed E-state index contributed by atoms with van der Waals surface area (Å²) in [5.74, 6) is 1.18. The summed E-state index contributed by atoms with van der Waals surface area (Å²) in [5.41, 5.74) is 0. The minimum Gasteiger partial charge on any atom is -0.493 e. The van der Waals surface area contributed by atoms with E-state index < -0.39 is 0 Å². The fourth-order valence-electron chi connectivity index (χ4n) is 1.56. The van der Waals surface area contributed by atoms with Gasteiger partial charge in [-0.15, -0.1) is 0 Å². The van der Waals surface area contributed by atoms with Crippen LogP contribution in [0.25, 0.3) is 0 Å². The lowest BCUT2D eigenvalue weighted by Crippen LogP contribution is -2.15. The van der Waals surface area contributed by atoms with Crippen molar-refractivity contribution < 1.29 is 9.47 Å². The number of allylic oxidation sites excluding steroid dienone is 2. The Labute approximate surface area is 73.5 Å². The van der Waals surface area contributed by atoms with Crippen molar-refractivity contribution in [2.75, 3.05) is 6.61 Å². The van der Waals surface area contributed by atoms with Gasteiger partial charge in [0.1, 0.15) is 12.2 Å². The van der Waals surface area contributed by atoms with Crippen LogP contribution in [-0.2, 0) is 9.47 Å². The van der Waals surface area contributed by atoms with Gasteiger partial charge in [-0.2, -0.15) is 0 Å². The fourth-order valence-corrected chi connectivity index (χ4v) is 1.56. The van der Waals surface area contributed by atoms with Crippen LogP contribution >= 0.6 is 0 Å². The van der Waals surface area contributed by atoms with E-state index in [1.807, 2.05) is 0 Å². The Bertz CT molecular complexity index is 182. The largest absolute Gasteiger partial charge is 0.493 e. The van der Waals surface area contributed by atoms with Gasteiger partial charge in [-0.3, -0.25) is 0 Å². The number of hydrogen-bond donors (Lipinski definition) is 0. The molecular weight excluding hydrogens is 152 g/mol. The van der Waals surface area contributed by atoms with E-state index >= 15 is 0 Å². The Morgan fingerprint density at radius 2 is 2.42 bits per heavy atom. The highest BCUT2D eigenvalue weighted by Gasteiger charge is 2.31. The molecule has 0 saturated carbocycles. The average Bonchev–Trinajstić information content (AvgIpc) is 2.88. The maximum atomic E-state index is 5.75. The lowest BCUT2D eigenvalue weighted by Gasteiger charge is -2.18. The van der Waals surface area contributed by atoms with Crippen LogP contribution in [0.15, 0.2) is 11.8 Å². The summed E-state index contributed by atoms with van der Waals surface area (Å²) in [6, 6.07) is 0. The molecule has 1 heterocycles. The summed E-state index contributed by atoms with van der Waals surface area (Å²) in [5, 5.41) is 0. The normalized spacial score (nSPS) is 30.8. The first-order valence-electron chi connectivity index (χ1n) is 4.83. The van der Waals surface area contributed by atoms with Crippen LogP contribution in [0.3, 0.4) is 0 Å². The molecule has 0 aromatic rings. The van der Waals surface area contributed by atoms with Gasteiger partial charge in [0.25, 0.3) is 0 Å². The third kappa shape index (κ3) is 2.01. The van der Waals surface area contributed by atoms with Gasteiger partial charge in [-0.25, -0.2) is 0 Å². The van der Waals surface area contributed by atoms with Gasteiger partial charge >= 0.3 is 0 Å². The Hall–Kier alpha value is -0.500. The number of ether oxygens (including phenoxy) is 2. The topological polar surface area (TPSA) is 21.8 Å². The second kappa shape index (κ2) is 3.48. The zero-order valence-corrected chi connectivity index (χ0v) is 7.58. The Morgan fingerprint density at radius 1 is 1.58 bits per heavy atom. The van der Waals surface area contributed by atoms with E-state index in [4.69, 9.17) is 9.47 Å². The molecular formula is C10H16O2. The first-order chi connectivity index (χ1) is 5.86. The van der Waals surface area contributed by atoms with Crippen LogP contribution < -0.4 is 0 Å². The molecule has 12 heavy (non-hydrogen) atoms. The maximum Gasteiger partial charge on any atom is 0.124 e. The molecule has 1 aliphatic carbocycles. The zero-order valence-electron chi connectivity index (χ0n) is 7.58. The molecule has 0 spiro atoms. The molecule has 1 saturated heterocycles. The predicted octanol–water partition coefficient (Wildman–Crippen LogP) is 2.25. The van der Waals surface area contributed by atoms with Crippen LogP contribution in [0.2, 0.25) is 0 Å². The first-order valence-corrected chi connectivity index (χ1v) is 4.83. The maximum absolute atomic E-state index is 5.75. The van der Waals surface area contributed by atoms with Gasteiger partial charge in [0, 0.05) is 6.42 Å². The molecule has 2 nitrogen and oxygen atoms in total. The second-order valence-corrected chi connectivity index (χ2v) is 3.61. The van der Waals surface area contributed by atoms with Crippen molar-refractivity contribution >= 4 is 0 Å². The molecule has 2 unspecified atom stereocenters. The molecule has 2 atom stereocenters. The molecule has 1 aliphatic heterocycles. The van der Waals surface area contributed by atoms with Crippen molar-refractivity contribution in [2.24, 2.45) is 0 Å². The molecule has 68 valence electrons. The standard InChI is InChI=1S/C10H16O2/c1-8(10-7-11-10)12-9-5-3-2-4-6-9/h5,8,10H,2-4,6-7H2,1H3. The Balaban J connectivity index is 1.80. The highest BCUT2D eigenvalue weighted by molar-refractivity contribution is 4.98. The molecule has 2 rings (SSSR count). The number of rotatable bonds is 3. The summed E-state index contributed by atoms with van der Waals surface area (Å²) >= 11 is 0. The van der Waals surface area contributed by atoms with E-state index in [1.54, 1.807) is 0 Å². The van der Waals surface area contributed by atoms with E-state index in [0.29, 0.717) is 6.10 Å². The van der Waals surface area contributed by atoms with E-state index in [-0.39, 0.29) is 6.10 Å². The smallest absolute Gasteiger partial charge is 0.124 e. The highest BCUT2D eigenvalue weighted by Crippen LogP contribution is 2.24. The first kappa shape index (κ1) is 8.11. The van der Waals surface area contributed by atoms with E-state index in [9.17, 15) is 0 Å². The molecule has 0 N–H and O–H groups in total. The average molecular weight is 168 g/mol. The van der Waals surface area contributed by atoms with Crippen molar-refractivity contribution in [3.63, 3.8) is 0 Å². The Morgan fingerprint density at radius 3 is 3.00 bits per heavy atom. The summed E-state index contributed by atoms with van der Waals surface area (Å²) < 4.78 is 10.9. The lowest BCUT2D eigenvalue weighted by atomic mass is 10.1. The highest BCUT2D eigenvalue weighted by atomic mass is 16.6. The third-order valence-electron chi connectivity index (χ3n) is 2.47. The molecule has 2 heteroatoms. The van der Waals surface area contributed by atoms with Gasteiger partial charge in [0.05, 0.1) is 12.4 Å². The van der Waals surface area contributed by atoms with Crippen LogP contribution in [0.4, 0.5) is 0 Å². The molecule has 0 radical (unpaired) electrons. The van der Waals surface area contributed by atoms with Crippen LogP contribution in [-0.4, -0.2) is 18.8 Å². The quantitative estimate of drug-likeness (QED) is 0.603. The van der Waals surface area contributed by atoms with E-state index in [0.717, 1.165) is 13.0 Å². The van der Waals surface area contributed by atoms with Crippen molar-refractivity contribution in [3.8, 4) is 0 Å². The molecule has 2 aliphatic rings. The molecule has 1 fully saturated rings. The van der Waals surface area contributed by atoms with Gasteiger partial charge < -0.3 is 9.47 Å². The zero-order chi connectivity index (χ0) is 8.39.